The molecule has 0 aromatic heterocycles. The Morgan fingerprint density at radius 3 is 2.94 bits per heavy atom. The standard InChI is InChI=1S/C11H13IN2O2/c1-3-6-13-14-11(15)8-4-5-10(16-2)9(12)7-8/h4-7H,3H2,1-2H3,(H,14,15). The number of nitrogens with zero attached hydrogens (tertiary/aromatic N) is 1. The second-order valence-electron chi connectivity index (χ2n) is 3.01. The lowest BCUT2D eigenvalue weighted by Crippen LogP contribution is -2.17. The first-order valence-electron chi connectivity index (χ1n) is 4.84. The Morgan fingerprint density at radius 1 is 1.62 bits per heavy atom. The number of benzene rings is 1. The zero-order chi connectivity index (χ0) is 12.0. The van der Waals surface area contributed by atoms with Crippen LogP contribution in [0, 0.1) is 3.57 Å². The third-order valence-corrected chi connectivity index (χ3v) is 2.70. The van der Waals surface area contributed by atoms with Gasteiger partial charge in [-0.2, -0.15) is 5.10 Å². The molecule has 0 aliphatic rings. The van der Waals surface area contributed by atoms with E-state index in [0.717, 1.165) is 15.7 Å². The van der Waals surface area contributed by atoms with Crippen molar-refractivity contribution in [3.8, 4) is 5.75 Å². The van der Waals surface area contributed by atoms with Crippen LogP contribution in [-0.2, 0) is 0 Å². The molecule has 1 amide bonds. The lowest BCUT2D eigenvalue weighted by molar-refractivity contribution is 0.0955. The van der Waals surface area contributed by atoms with Crippen LogP contribution in [0.3, 0.4) is 0 Å². The molecule has 1 aromatic rings. The van der Waals surface area contributed by atoms with Gasteiger partial charge in [-0.1, -0.05) is 6.92 Å². The van der Waals surface area contributed by atoms with Gasteiger partial charge in [0.25, 0.3) is 5.91 Å². The highest BCUT2D eigenvalue weighted by atomic mass is 127. The van der Waals surface area contributed by atoms with E-state index in [1.54, 1.807) is 31.5 Å². The second kappa shape index (κ2) is 6.47. The summed E-state index contributed by atoms with van der Waals surface area (Å²) < 4.78 is 6.00. The quantitative estimate of drug-likeness (QED) is 0.523. The van der Waals surface area contributed by atoms with Crippen molar-refractivity contribution < 1.29 is 9.53 Å². The highest BCUT2D eigenvalue weighted by Crippen LogP contribution is 2.21. The van der Waals surface area contributed by atoms with Crippen LogP contribution in [0.15, 0.2) is 23.3 Å². The Labute approximate surface area is 108 Å². The van der Waals surface area contributed by atoms with Crippen LogP contribution in [0.5, 0.6) is 5.75 Å². The summed E-state index contributed by atoms with van der Waals surface area (Å²) in [5.41, 5.74) is 3.02. The number of methoxy groups -OCH3 is 1. The van der Waals surface area contributed by atoms with E-state index >= 15 is 0 Å². The first-order valence-corrected chi connectivity index (χ1v) is 5.92. The molecule has 0 spiro atoms. The lowest BCUT2D eigenvalue weighted by atomic mass is 10.2. The van der Waals surface area contributed by atoms with Gasteiger partial charge in [-0.05, 0) is 47.2 Å². The molecular formula is C11H13IN2O2. The molecule has 16 heavy (non-hydrogen) atoms. The van der Waals surface area contributed by atoms with E-state index in [0.29, 0.717) is 5.56 Å². The number of carbonyl (C=O) groups is 1. The van der Waals surface area contributed by atoms with Crippen LogP contribution < -0.4 is 10.2 Å². The topological polar surface area (TPSA) is 50.7 Å². The zero-order valence-electron chi connectivity index (χ0n) is 9.16. The summed E-state index contributed by atoms with van der Waals surface area (Å²) in [6.45, 7) is 1.95. The van der Waals surface area contributed by atoms with Gasteiger partial charge in [-0.3, -0.25) is 4.79 Å². The predicted octanol–water partition coefficient (Wildman–Crippen LogP) is 2.43. The van der Waals surface area contributed by atoms with Gasteiger partial charge in [-0.25, -0.2) is 5.43 Å². The van der Waals surface area contributed by atoms with Gasteiger partial charge >= 0.3 is 0 Å². The molecule has 1 N–H and O–H groups in total. The van der Waals surface area contributed by atoms with Gasteiger partial charge in [0.2, 0.25) is 0 Å². The molecule has 0 atom stereocenters. The summed E-state index contributed by atoms with van der Waals surface area (Å²) >= 11 is 2.12. The third kappa shape index (κ3) is 3.48. The maximum absolute atomic E-state index is 11.6. The minimum absolute atomic E-state index is 0.217. The summed E-state index contributed by atoms with van der Waals surface area (Å²) in [6, 6.07) is 5.23. The normalized spacial score (nSPS) is 10.4. The first-order chi connectivity index (χ1) is 7.69. The Kier molecular flexibility index (Phi) is 5.24. The second-order valence-corrected chi connectivity index (χ2v) is 4.17. The number of amides is 1. The fourth-order valence-electron chi connectivity index (χ4n) is 1.07. The fraction of sp³-hybridized carbons (Fsp3) is 0.273. The van der Waals surface area contributed by atoms with Crippen molar-refractivity contribution in [3.63, 3.8) is 0 Å². The molecule has 0 unspecified atom stereocenters. The van der Waals surface area contributed by atoms with Gasteiger partial charge in [-0.15, -0.1) is 0 Å². The van der Waals surface area contributed by atoms with E-state index in [1.807, 2.05) is 6.92 Å². The van der Waals surface area contributed by atoms with Crippen LogP contribution in [-0.4, -0.2) is 19.2 Å². The number of ether oxygens (including phenoxy) is 1. The van der Waals surface area contributed by atoms with Crippen molar-refractivity contribution >= 4 is 34.7 Å². The van der Waals surface area contributed by atoms with Crippen LogP contribution in [0.2, 0.25) is 0 Å². The average Bonchev–Trinajstić information content (AvgIpc) is 2.29. The van der Waals surface area contributed by atoms with Crippen molar-refractivity contribution in [3.05, 3.63) is 27.3 Å². The lowest BCUT2D eigenvalue weighted by Gasteiger charge is -2.05. The third-order valence-electron chi connectivity index (χ3n) is 1.85. The molecule has 0 saturated heterocycles. The Morgan fingerprint density at radius 2 is 2.38 bits per heavy atom. The zero-order valence-corrected chi connectivity index (χ0v) is 11.3. The maximum atomic E-state index is 11.6. The van der Waals surface area contributed by atoms with Gasteiger partial charge in [0.05, 0.1) is 10.7 Å². The van der Waals surface area contributed by atoms with Gasteiger partial charge in [0.15, 0.2) is 0 Å². The van der Waals surface area contributed by atoms with Crippen LogP contribution in [0.4, 0.5) is 0 Å². The molecule has 4 nitrogen and oxygen atoms in total. The van der Waals surface area contributed by atoms with Crippen molar-refractivity contribution in [2.24, 2.45) is 5.10 Å². The molecule has 1 rings (SSSR count). The summed E-state index contributed by atoms with van der Waals surface area (Å²) in [7, 11) is 1.60. The molecule has 0 saturated carbocycles. The van der Waals surface area contributed by atoms with Gasteiger partial charge < -0.3 is 4.74 Å². The Balaban J connectivity index is 2.77. The van der Waals surface area contributed by atoms with Crippen LogP contribution >= 0.6 is 22.6 Å². The van der Waals surface area contributed by atoms with Gasteiger partial charge in [0.1, 0.15) is 5.75 Å². The van der Waals surface area contributed by atoms with E-state index in [1.165, 1.54) is 0 Å². The fourth-order valence-corrected chi connectivity index (χ4v) is 1.80. The number of halogens is 1. The van der Waals surface area contributed by atoms with Gasteiger partial charge in [0, 0.05) is 11.8 Å². The molecule has 86 valence electrons. The number of hydrogen-bond donors (Lipinski definition) is 1. The SMILES string of the molecule is CCC=NNC(=O)c1ccc(OC)c(I)c1. The summed E-state index contributed by atoms with van der Waals surface area (Å²) in [4.78, 5) is 11.6. The van der Waals surface area contributed by atoms with E-state index in [2.05, 4.69) is 33.1 Å². The summed E-state index contributed by atoms with van der Waals surface area (Å²) in [5.74, 6) is 0.541. The monoisotopic (exact) mass is 332 g/mol. The van der Waals surface area contributed by atoms with Crippen molar-refractivity contribution in [2.75, 3.05) is 7.11 Å². The number of nitrogens with one attached hydrogen (secondary N) is 1. The average molecular weight is 332 g/mol. The number of rotatable bonds is 4. The van der Waals surface area contributed by atoms with Crippen molar-refractivity contribution in [1.82, 2.24) is 5.43 Å². The van der Waals surface area contributed by atoms with Crippen molar-refractivity contribution in [1.29, 1.82) is 0 Å². The maximum Gasteiger partial charge on any atom is 0.271 e. The predicted molar refractivity (Wildman–Crippen MR) is 72.0 cm³/mol. The smallest absolute Gasteiger partial charge is 0.271 e. The van der Waals surface area contributed by atoms with Crippen LogP contribution in [0.1, 0.15) is 23.7 Å². The molecule has 0 bridgehead atoms. The molecule has 5 heteroatoms. The molecule has 0 fully saturated rings. The molecule has 0 heterocycles. The minimum Gasteiger partial charge on any atom is -0.496 e. The van der Waals surface area contributed by atoms with Crippen LogP contribution in [0.25, 0.3) is 0 Å². The molecular weight excluding hydrogens is 319 g/mol. The van der Waals surface area contributed by atoms with E-state index in [-0.39, 0.29) is 5.91 Å². The summed E-state index contributed by atoms with van der Waals surface area (Å²) in [5, 5.41) is 3.78. The number of carbonyl (C=O) groups excluding carboxylic acids is 1. The highest BCUT2D eigenvalue weighted by molar-refractivity contribution is 14.1. The van der Waals surface area contributed by atoms with E-state index in [4.69, 9.17) is 4.74 Å². The summed E-state index contributed by atoms with van der Waals surface area (Å²) in [6.07, 6.45) is 2.44. The number of hydrogen-bond acceptors (Lipinski definition) is 3. The minimum atomic E-state index is -0.217. The molecule has 0 aliphatic carbocycles. The number of hydrazone groups is 1. The van der Waals surface area contributed by atoms with E-state index < -0.39 is 0 Å². The molecule has 0 aliphatic heterocycles. The highest BCUT2D eigenvalue weighted by Gasteiger charge is 2.07. The van der Waals surface area contributed by atoms with E-state index in [9.17, 15) is 4.79 Å². The first kappa shape index (κ1) is 13.0. The molecule has 1 aromatic carbocycles. The molecule has 0 radical (unpaired) electrons. The Hall–Kier alpha value is -1.11. The van der Waals surface area contributed by atoms with Crippen molar-refractivity contribution in [2.45, 2.75) is 13.3 Å². The largest absolute Gasteiger partial charge is 0.496 e. The Bertz CT molecular complexity index is 405.